The lowest BCUT2D eigenvalue weighted by Gasteiger charge is -2.12. The third kappa shape index (κ3) is 2.68. The molecule has 0 spiro atoms. The highest BCUT2D eigenvalue weighted by molar-refractivity contribution is 5.94. The lowest BCUT2D eigenvalue weighted by molar-refractivity contribution is -0.139. The molecule has 2 rings (SSSR count). The van der Waals surface area contributed by atoms with Gasteiger partial charge in [0.15, 0.2) is 0 Å². The number of nitrogens with one attached hydrogen (secondary N) is 2. The van der Waals surface area contributed by atoms with E-state index in [0.29, 0.717) is 0 Å². The Hall–Kier alpha value is -2.18. The average Bonchev–Trinajstić information content (AvgIpc) is 3.10. The molecular formula is C10H11N3O4. The Labute approximate surface area is 95.9 Å². The fourth-order valence-electron chi connectivity index (χ4n) is 1.49. The van der Waals surface area contributed by atoms with Crippen molar-refractivity contribution in [1.82, 2.24) is 15.3 Å². The van der Waals surface area contributed by atoms with Crippen molar-refractivity contribution in [2.24, 2.45) is 5.92 Å². The minimum Gasteiger partial charge on any atom is -0.480 e. The summed E-state index contributed by atoms with van der Waals surface area (Å²) in [5.41, 5.74) is -0.421. The number of aliphatic carboxylic acids is 1. The second kappa shape index (κ2) is 4.36. The fraction of sp³-hybridized carbons (Fsp3) is 0.400. The number of carboxylic acids is 1. The van der Waals surface area contributed by atoms with Gasteiger partial charge in [-0.2, -0.15) is 0 Å². The molecule has 1 aliphatic rings. The van der Waals surface area contributed by atoms with E-state index < -0.39 is 23.5 Å². The molecule has 1 fully saturated rings. The lowest BCUT2D eigenvalue weighted by atomic mass is 10.2. The number of H-pyrrole nitrogens is 1. The Morgan fingerprint density at radius 1 is 1.53 bits per heavy atom. The summed E-state index contributed by atoms with van der Waals surface area (Å²) in [7, 11) is 0. The van der Waals surface area contributed by atoms with E-state index in [0.717, 1.165) is 25.2 Å². The van der Waals surface area contributed by atoms with Crippen LogP contribution < -0.4 is 10.9 Å². The maximum absolute atomic E-state index is 11.6. The van der Waals surface area contributed by atoms with Gasteiger partial charge in [0.05, 0.1) is 6.20 Å². The molecule has 1 aromatic rings. The molecule has 90 valence electrons. The van der Waals surface area contributed by atoms with Gasteiger partial charge in [-0.05, 0) is 18.8 Å². The van der Waals surface area contributed by atoms with Gasteiger partial charge in [0.25, 0.3) is 11.5 Å². The number of aromatic amines is 1. The summed E-state index contributed by atoms with van der Waals surface area (Å²) in [6.07, 6.45) is 3.73. The third-order valence-electron chi connectivity index (χ3n) is 2.55. The van der Waals surface area contributed by atoms with Crippen LogP contribution in [0, 0.1) is 5.92 Å². The number of aromatic nitrogens is 2. The summed E-state index contributed by atoms with van der Waals surface area (Å²) in [6, 6.07) is -0.878. The molecule has 0 aliphatic heterocycles. The van der Waals surface area contributed by atoms with Crippen LogP contribution in [0.15, 0.2) is 17.2 Å². The average molecular weight is 237 g/mol. The number of nitrogens with zero attached hydrogens (tertiary/aromatic N) is 1. The van der Waals surface area contributed by atoms with Crippen LogP contribution in [0.4, 0.5) is 0 Å². The number of amides is 1. The summed E-state index contributed by atoms with van der Waals surface area (Å²) in [5.74, 6) is -1.65. The molecule has 0 saturated heterocycles. The van der Waals surface area contributed by atoms with Crippen molar-refractivity contribution in [1.29, 1.82) is 0 Å². The smallest absolute Gasteiger partial charge is 0.326 e. The number of carbonyl (C=O) groups is 2. The SMILES string of the molecule is O=C(NC(C(=O)O)C1CC1)c1c[nH]c(=O)cn1. The molecule has 1 saturated carbocycles. The Bertz CT molecular complexity index is 486. The van der Waals surface area contributed by atoms with Gasteiger partial charge >= 0.3 is 5.97 Å². The highest BCUT2D eigenvalue weighted by Crippen LogP contribution is 2.32. The first-order valence-corrected chi connectivity index (χ1v) is 5.16. The lowest BCUT2D eigenvalue weighted by Crippen LogP contribution is -2.42. The maximum Gasteiger partial charge on any atom is 0.326 e. The van der Waals surface area contributed by atoms with Gasteiger partial charge in [-0.3, -0.25) is 9.59 Å². The topological polar surface area (TPSA) is 112 Å². The van der Waals surface area contributed by atoms with Crippen molar-refractivity contribution in [3.05, 3.63) is 28.4 Å². The monoisotopic (exact) mass is 237 g/mol. The number of rotatable bonds is 4. The summed E-state index contributed by atoms with van der Waals surface area (Å²) in [6.45, 7) is 0. The van der Waals surface area contributed by atoms with E-state index in [1.54, 1.807) is 0 Å². The van der Waals surface area contributed by atoms with E-state index in [-0.39, 0.29) is 11.6 Å². The van der Waals surface area contributed by atoms with Crippen molar-refractivity contribution in [2.45, 2.75) is 18.9 Å². The summed E-state index contributed by atoms with van der Waals surface area (Å²) >= 11 is 0. The van der Waals surface area contributed by atoms with Crippen LogP contribution in [0.25, 0.3) is 0 Å². The Kier molecular flexibility index (Phi) is 2.90. The van der Waals surface area contributed by atoms with E-state index in [4.69, 9.17) is 5.11 Å². The minimum atomic E-state index is -1.05. The zero-order valence-electron chi connectivity index (χ0n) is 8.84. The number of hydrogen-bond donors (Lipinski definition) is 3. The quantitative estimate of drug-likeness (QED) is 0.645. The number of carbonyl (C=O) groups excluding carboxylic acids is 1. The standard InChI is InChI=1S/C10H11N3O4/c14-7-4-11-6(3-12-7)9(15)13-8(10(16)17)5-1-2-5/h3-5,8H,1-2H2,(H,12,14)(H,13,15)(H,16,17). The molecule has 1 aromatic heterocycles. The van der Waals surface area contributed by atoms with Gasteiger partial charge in [0.1, 0.15) is 11.7 Å². The van der Waals surface area contributed by atoms with Crippen LogP contribution in [-0.2, 0) is 4.79 Å². The Morgan fingerprint density at radius 3 is 2.71 bits per heavy atom. The molecule has 17 heavy (non-hydrogen) atoms. The molecular weight excluding hydrogens is 226 g/mol. The van der Waals surface area contributed by atoms with Crippen LogP contribution in [0.3, 0.4) is 0 Å². The number of hydrogen-bond acceptors (Lipinski definition) is 4. The molecule has 0 radical (unpaired) electrons. The fourth-order valence-corrected chi connectivity index (χ4v) is 1.49. The highest BCUT2D eigenvalue weighted by Gasteiger charge is 2.37. The zero-order valence-corrected chi connectivity index (χ0v) is 8.84. The van der Waals surface area contributed by atoms with Crippen molar-refractivity contribution in [2.75, 3.05) is 0 Å². The second-order valence-corrected chi connectivity index (χ2v) is 3.92. The first-order valence-electron chi connectivity index (χ1n) is 5.16. The normalized spacial score (nSPS) is 16.2. The predicted octanol–water partition coefficient (Wildman–Crippen LogP) is -0.637. The molecule has 1 aliphatic carbocycles. The molecule has 1 heterocycles. The zero-order chi connectivity index (χ0) is 12.4. The molecule has 0 aromatic carbocycles. The van der Waals surface area contributed by atoms with E-state index >= 15 is 0 Å². The second-order valence-electron chi connectivity index (χ2n) is 3.92. The summed E-state index contributed by atoms with van der Waals surface area (Å²) in [4.78, 5) is 39.2. The van der Waals surface area contributed by atoms with Crippen LogP contribution in [0.1, 0.15) is 23.3 Å². The molecule has 1 atom stereocenters. The van der Waals surface area contributed by atoms with Gasteiger partial charge in [-0.1, -0.05) is 0 Å². The van der Waals surface area contributed by atoms with Crippen molar-refractivity contribution >= 4 is 11.9 Å². The van der Waals surface area contributed by atoms with Gasteiger partial charge in [0, 0.05) is 6.20 Å². The Balaban J connectivity index is 2.07. The molecule has 1 amide bonds. The maximum atomic E-state index is 11.6. The highest BCUT2D eigenvalue weighted by atomic mass is 16.4. The first kappa shape index (κ1) is 11.3. The Morgan fingerprint density at radius 2 is 2.24 bits per heavy atom. The van der Waals surface area contributed by atoms with E-state index in [9.17, 15) is 14.4 Å². The molecule has 3 N–H and O–H groups in total. The van der Waals surface area contributed by atoms with E-state index in [1.165, 1.54) is 0 Å². The minimum absolute atomic E-state index is 0.000730. The molecule has 7 nitrogen and oxygen atoms in total. The van der Waals surface area contributed by atoms with Crippen LogP contribution in [-0.4, -0.2) is 33.0 Å². The molecule has 0 bridgehead atoms. The summed E-state index contributed by atoms with van der Waals surface area (Å²) < 4.78 is 0. The van der Waals surface area contributed by atoms with Crippen LogP contribution in [0.2, 0.25) is 0 Å². The molecule has 7 heteroatoms. The summed E-state index contributed by atoms with van der Waals surface area (Å²) in [5, 5.41) is 11.3. The molecule has 1 unspecified atom stereocenters. The third-order valence-corrected chi connectivity index (χ3v) is 2.55. The number of carboxylic acid groups (broad SMARTS) is 1. The van der Waals surface area contributed by atoms with Gasteiger partial charge in [0.2, 0.25) is 0 Å². The van der Waals surface area contributed by atoms with Crippen molar-refractivity contribution < 1.29 is 14.7 Å². The van der Waals surface area contributed by atoms with Crippen molar-refractivity contribution in [3.63, 3.8) is 0 Å². The van der Waals surface area contributed by atoms with E-state index in [2.05, 4.69) is 15.3 Å². The predicted molar refractivity (Wildman–Crippen MR) is 56.5 cm³/mol. The van der Waals surface area contributed by atoms with Crippen LogP contribution >= 0.6 is 0 Å². The van der Waals surface area contributed by atoms with Gasteiger partial charge in [-0.25, -0.2) is 9.78 Å². The van der Waals surface area contributed by atoms with Crippen molar-refractivity contribution in [3.8, 4) is 0 Å². The van der Waals surface area contributed by atoms with E-state index in [1.807, 2.05) is 0 Å². The van der Waals surface area contributed by atoms with Gasteiger partial charge < -0.3 is 15.4 Å². The largest absolute Gasteiger partial charge is 0.480 e. The first-order chi connectivity index (χ1) is 8.08. The van der Waals surface area contributed by atoms with Crippen LogP contribution in [0.5, 0.6) is 0 Å². The van der Waals surface area contributed by atoms with Gasteiger partial charge in [-0.15, -0.1) is 0 Å².